The van der Waals surface area contributed by atoms with Gasteiger partial charge in [0.2, 0.25) is 5.75 Å². The first-order chi connectivity index (χ1) is 11.7. The third kappa shape index (κ3) is 4.40. The molecule has 0 aromatic heterocycles. The summed E-state index contributed by atoms with van der Waals surface area (Å²) in [4.78, 5) is 0. The van der Waals surface area contributed by atoms with Gasteiger partial charge in [0.1, 0.15) is 0 Å². The maximum atomic E-state index is 10.1. The number of rotatable bonds is 9. The highest BCUT2D eigenvalue weighted by atomic mass is 16.5. The lowest BCUT2D eigenvalue weighted by Gasteiger charge is -2.16. The number of ether oxygens (including phenoxy) is 3. The van der Waals surface area contributed by atoms with E-state index in [1.54, 1.807) is 21.3 Å². The van der Waals surface area contributed by atoms with E-state index in [1.807, 2.05) is 42.5 Å². The molecule has 2 rings (SSSR count). The molecular weight excluding hydrogens is 306 g/mol. The number of methoxy groups -OCH3 is 3. The van der Waals surface area contributed by atoms with Crippen molar-refractivity contribution in [1.29, 1.82) is 0 Å². The minimum atomic E-state index is -0.515. The van der Waals surface area contributed by atoms with E-state index in [-0.39, 0.29) is 0 Å². The van der Waals surface area contributed by atoms with Crippen LogP contribution in [0.1, 0.15) is 17.2 Å². The van der Waals surface area contributed by atoms with Crippen molar-refractivity contribution in [3.8, 4) is 17.2 Å². The van der Waals surface area contributed by atoms with Gasteiger partial charge < -0.3 is 24.6 Å². The van der Waals surface area contributed by atoms with Crippen LogP contribution in [-0.2, 0) is 6.42 Å². The summed E-state index contributed by atoms with van der Waals surface area (Å²) in [5.41, 5.74) is 1.94. The van der Waals surface area contributed by atoms with Crippen molar-refractivity contribution in [3.05, 3.63) is 53.6 Å². The maximum absolute atomic E-state index is 10.1. The van der Waals surface area contributed by atoms with Gasteiger partial charge in [-0.3, -0.25) is 0 Å². The van der Waals surface area contributed by atoms with E-state index in [0.29, 0.717) is 23.8 Å². The Morgan fingerprint density at radius 1 is 0.917 bits per heavy atom. The molecule has 0 amide bonds. The van der Waals surface area contributed by atoms with Crippen molar-refractivity contribution < 1.29 is 19.3 Å². The van der Waals surface area contributed by atoms with E-state index in [1.165, 1.54) is 0 Å². The SMILES string of the molecule is COc1ccc(CCNC[C@@H](O)c2ccccc2)c(OC)c1OC. The number of hydrogen-bond acceptors (Lipinski definition) is 5. The second kappa shape index (κ2) is 9.15. The van der Waals surface area contributed by atoms with Gasteiger partial charge in [-0.1, -0.05) is 36.4 Å². The fraction of sp³-hybridized carbons (Fsp3) is 0.368. The van der Waals surface area contributed by atoms with Crippen LogP contribution in [-0.4, -0.2) is 39.5 Å². The van der Waals surface area contributed by atoms with Gasteiger partial charge in [-0.25, -0.2) is 0 Å². The molecule has 0 bridgehead atoms. The molecule has 0 fully saturated rings. The number of hydrogen-bond donors (Lipinski definition) is 2. The lowest BCUT2D eigenvalue weighted by Crippen LogP contribution is -2.23. The molecule has 0 aliphatic rings. The Morgan fingerprint density at radius 3 is 2.25 bits per heavy atom. The van der Waals surface area contributed by atoms with Gasteiger partial charge in [0.15, 0.2) is 11.5 Å². The molecule has 24 heavy (non-hydrogen) atoms. The highest BCUT2D eigenvalue weighted by molar-refractivity contribution is 5.55. The molecule has 1 atom stereocenters. The van der Waals surface area contributed by atoms with Gasteiger partial charge in [0.25, 0.3) is 0 Å². The average Bonchev–Trinajstić information content (AvgIpc) is 2.64. The topological polar surface area (TPSA) is 60.0 Å². The van der Waals surface area contributed by atoms with Crippen molar-refractivity contribution in [1.82, 2.24) is 5.32 Å². The normalized spacial score (nSPS) is 11.8. The molecule has 0 unspecified atom stereocenters. The van der Waals surface area contributed by atoms with Crippen LogP contribution in [0, 0.1) is 0 Å². The molecule has 0 aliphatic carbocycles. The van der Waals surface area contributed by atoms with E-state index in [9.17, 15) is 5.11 Å². The van der Waals surface area contributed by atoms with Crippen LogP contribution in [0.2, 0.25) is 0 Å². The Morgan fingerprint density at radius 2 is 1.62 bits per heavy atom. The first-order valence-corrected chi connectivity index (χ1v) is 7.92. The molecule has 0 spiro atoms. The van der Waals surface area contributed by atoms with E-state index in [0.717, 1.165) is 24.1 Å². The Kier molecular flexibility index (Phi) is 6.90. The summed E-state index contributed by atoms with van der Waals surface area (Å²) in [7, 11) is 4.81. The van der Waals surface area contributed by atoms with E-state index in [4.69, 9.17) is 14.2 Å². The zero-order valence-electron chi connectivity index (χ0n) is 14.4. The highest BCUT2D eigenvalue weighted by Crippen LogP contribution is 2.39. The summed E-state index contributed by atoms with van der Waals surface area (Å²) in [6.45, 7) is 1.22. The molecule has 0 aliphatic heterocycles. The Labute approximate surface area is 143 Å². The molecule has 0 saturated heterocycles. The van der Waals surface area contributed by atoms with E-state index < -0.39 is 6.10 Å². The zero-order valence-corrected chi connectivity index (χ0v) is 14.4. The summed E-state index contributed by atoms with van der Waals surface area (Å²) in [6, 6.07) is 13.5. The third-order valence-corrected chi connectivity index (χ3v) is 3.88. The van der Waals surface area contributed by atoms with Crippen LogP contribution in [0.4, 0.5) is 0 Å². The smallest absolute Gasteiger partial charge is 0.203 e. The van der Waals surface area contributed by atoms with Gasteiger partial charge in [-0.15, -0.1) is 0 Å². The summed E-state index contributed by atoms with van der Waals surface area (Å²) < 4.78 is 16.2. The molecule has 0 radical (unpaired) electrons. The van der Waals surface area contributed by atoms with Crippen molar-refractivity contribution in [2.75, 3.05) is 34.4 Å². The van der Waals surface area contributed by atoms with Gasteiger partial charge in [0.05, 0.1) is 27.4 Å². The second-order valence-corrected chi connectivity index (χ2v) is 5.37. The molecule has 2 N–H and O–H groups in total. The fourth-order valence-corrected chi connectivity index (χ4v) is 2.61. The van der Waals surface area contributed by atoms with Crippen molar-refractivity contribution in [3.63, 3.8) is 0 Å². The fourth-order valence-electron chi connectivity index (χ4n) is 2.61. The quantitative estimate of drug-likeness (QED) is 0.692. The minimum Gasteiger partial charge on any atom is -0.493 e. The molecule has 5 heteroatoms. The Balaban J connectivity index is 1.92. The van der Waals surface area contributed by atoms with Crippen LogP contribution in [0.25, 0.3) is 0 Å². The van der Waals surface area contributed by atoms with Crippen molar-refractivity contribution in [2.24, 2.45) is 0 Å². The lowest BCUT2D eigenvalue weighted by molar-refractivity contribution is 0.175. The number of aliphatic hydroxyl groups excluding tert-OH is 1. The first kappa shape index (κ1) is 18.1. The van der Waals surface area contributed by atoms with Crippen LogP contribution in [0.3, 0.4) is 0 Å². The van der Waals surface area contributed by atoms with Gasteiger partial charge >= 0.3 is 0 Å². The minimum absolute atomic E-state index is 0.500. The second-order valence-electron chi connectivity index (χ2n) is 5.37. The van der Waals surface area contributed by atoms with Crippen LogP contribution >= 0.6 is 0 Å². The number of aliphatic hydroxyl groups is 1. The standard InChI is InChI=1S/C19H25NO4/c1-22-17-10-9-15(18(23-2)19(17)24-3)11-12-20-13-16(21)14-7-5-4-6-8-14/h4-10,16,20-21H,11-13H2,1-3H3/t16-/m1/s1. The van der Waals surface area contributed by atoms with Crippen LogP contribution in [0.15, 0.2) is 42.5 Å². The highest BCUT2D eigenvalue weighted by Gasteiger charge is 2.15. The van der Waals surface area contributed by atoms with Gasteiger partial charge in [-0.05, 0) is 30.2 Å². The molecule has 0 saturated carbocycles. The lowest BCUT2D eigenvalue weighted by atomic mass is 10.1. The van der Waals surface area contributed by atoms with Gasteiger partial charge in [-0.2, -0.15) is 0 Å². The Hall–Kier alpha value is -2.24. The largest absolute Gasteiger partial charge is 0.493 e. The zero-order chi connectivity index (χ0) is 17.4. The molecule has 2 aromatic carbocycles. The van der Waals surface area contributed by atoms with Gasteiger partial charge in [0, 0.05) is 6.54 Å². The van der Waals surface area contributed by atoms with Crippen LogP contribution < -0.4 is 19.5 Å². The predicted octanol–water partition coefficient (Wildman–Crippen LogP) is 2.58. The summed E-state index contributed by atoms with van der Waals surface area (Å²) in [5, 5.41) is 13.4. The van der Waals surface area contributed by atoms with Crippen molar-refractivity contribution >= 4 is 0 Å². The van der Waals surface area contributed by atoms with E-state index in [2.05, 4.69) is 5.32 Å². The van der Waals surface area contributed by atoms with Crippen LogP contribution in [0.5, 0.6) is 17.2 Å². The molecule has 130 valence electrons. The molecule has 0 heterocycles. The number of nitrogens with one attached hydrogen (secondary N) is 1. The summed E-state index contributed by atoms with van der Waals surface area (Å²) in [5.74, 6) is 1.93. The summed E-state index contributed by atoms with van der Waals surface area (Å²) >= 11 is 0. The van der Waals surface area contributed by atoms with E-state index >= 15 is 0 Å². The Bertz CT molecular complexity index is 631. The number of benzene rings is 2. The summed E-state index contributed by atoms with van der Waals surface area (Å²) in [6.07, 6.45) is 0.240. The monoisotopic (exact) mass is 331 g/mol. The predicted molar refractivity (Wildman–Crippen MR) is 94.1 cm³/mol. The molecule has 2 aromatic rings. The molecular formula is C19H25NO4. The van der Waals surface area contributed by atoms with Crippen molar-refractivity contribution in [2.45, 2.75) is 12.5 Å². The third-order valence-electron chi connectivity index (χ3n) is 3.88. The average molecular weight is 331 g/mol. The maximum Gasteiger partial charge on any atom is 0.203 e. The first-order valence-electron chi connectivity index (χ1n) is 7.92. The molecule has 5 nitrogen and oxygen atoms in total.